The lowest BCUT2D eigenvalue weighted by atomic mass is 9.82. The summed E-state index contributed by atoms with van der Waals surface area (Å²) < 4.78 is 51.5. The number of aromatic nitrogens is 4. The minimum absolute atomic E-state index is 0.0587. The summed E-state index contributed by atoms with van der Waals surface area (Å²) >= 11 is 0. The van der Waals surface area contributed by atoms with Gasteiger partial charge in [0.2, 0.25) is 17.7 Å². The molecule has 4 atom stereocenters. The highest BCUT2D eigenvalue weighted by atomic mass is 19.3. The van der Waals surface area contributed by atoms with Crippen molar-refractivity contribution in [3.8, 4) is 0 Å². The van der Waals surface area contributed by atoms with E-state index in [-0.39, 0.29) is 55.5 Å². The Morgan fingerprint density at radius 1 is 1.33 bits per heavy atom. The zero-order chi connectivity index (χ0) is 31.1. The Balaban J connectivity index is 0.00000237. The van der Waals surface area contributed by atoms with E-state index in [0.717, 1.165) is 6.42 Å². The Morgan fingerprint density at radius 2 is 2.07 bits per heavy atom. The molecule has 234 valence electrons. The van der Waals surface area contributed by atoms with Gasteiger partial charge in [0.25, 0.3) is 5.78 Å². The summed E-state index contributed by atoms with van der Waals surface area (Å²) in [6, 6.07) is -0.837. The molecule has 0 spiro atoms. The first-order chi connectivity index (χ1) is 19.9. The van der Waals surface area contributed by atoms with Crippen LogP contribution in [0.3, 0.4) is 0 Å². The first-order valence-corrected chi connectivity index (χ1v) is 15.0. The molecule has 0 radical (unpaired) electrons. The fourth-order valence-corrected chi connectivity index (χ4v) is 5.34. The SMILES string of the molecule is C=C(C)C(=O)NC(CCC(F)(F)CCC)c1cn2nc(C[C@H]3CCCNC3=O)c(C3COCCC3(C)F)nc2n1.CC. The van der Waals surface area contributed by atoms with E-state index in [0.29, 0.717) is 43.1 Å². The van der Waals surface area contributed by atoms with Crippen molar-refractivity contribution in [1.82, 2.24) is 30.2 Å². The Hall–Kier alpha value is -3.02. The molecule has 2 amide bonds. The molecule has 9 nitrogen and oxygen atoms in total. The first kappa shape index (κ1) is 33.5. The van der Waals surface area contributed by atoms with E-state index in [1.165, 1.54) is 18.4 Å². The van der Waals surface area contributed by atoms with Gasteiger partial charge in [-0.1, -0.05) is 33.8 Å². The van der Waals surface area contributed by atoms with Gasteiger partial charge in [0.15, 0.2) is 0 Å². The van der Waals surface area contributed by atoms with Gasteiger partial charge < -0.3 is 15.4 Å². The second kappa shape index (κ2) is 14.4. The minimum atomic E-state index is -2.88. The topological polar surface area (TPSA) is 111 Å². The fourth-order valence-electron chi connectivity index (χ4n) is 5.34. The van der Waals surface area contributed by atoms with Gasteiger partial charge in [-0.05, 0) is 33.1 Å². The molecule has 4 heterocycles. The smallest absolute Gasteiger partial charge is 0.251 e. The standard InChI is InChI=1S/C28H39F3N6O3.C2H6/c1-5-9-28(30,31)10-8-20(33-24(38)17(2)3)22-15-37-26(34-22)35-23(19-16-40-13-11-27(19,4)29)21(36-37)14-18-7-6-12-32-25(18)39;1-2/h15,18-20H,2,5-14,16H2,1,3-4H3,(H,32,39)(H,33,38);1-2H3/t18-,19?,20?,27?;/m1./s1. The summed E-state index contributed by atoms with van der Waals surface area (Å²) in [5, 5.41) is 10.3. The summed E-state index contributed by atoms with van der Waals surface area (Å²) in [6.07, 6.45) is 3.09. The summed E-state index contributed by atoms with van der Waals surface area (Å²) in [7, 11) is 0. The molecule has 2 aliphatic rings. The van der Waals surface area contributed by atoms with Crippen LogP contribution in [0, 0.1) is 5.92 Å². The average molecular weight is 595 g/mol. The van der Waals surface area contributed by atoms with E-state index < -0.39 is 35.9 Å². The highest BCUT2D eigenvalue weighted by molar-refractivity contribution is 5.92. The van der Waals surface area contributed by atoms with Crippen LogP contribution in [0.1, 0.15) is 109 Å². The summed E-state index contributed by atoms with van der Waals surface area (Å²) in [4.78, 5) is 34.3. The Labute approximate surface area is 246 Å². The minimum Gasteiger partial charge on any atom is -0.381 e. The molecule has 2 saturated heterocycles. The molecule has 2 aromatic heterocycles. The summed E-state index contributed by atoms with van der Waals surface area (Å²) in [5.74, 6) is -4.33. The predicted octanol–water partition coefficient (Wildman–Crippen LogP) is 5.40. The average Bonchev–Trinajstić information content (AvgIpc) is 3.35. The zero-order valence-electron chi connectivity index (χ0n) is 25.4. The molecule has 4 rings (SSSR count). The van der Waals surface area contributed by atoms with Gasteiger partial charge in [-0.3, -0.25) is 9.59 Å². The third-order valence-electron chi connectivity index (χ3n) is 7.81. The van der Waals surface area contributed by atoms with Crippen LogP contribution in [0.15, 0.2) is 18.3 Å². The molecule has 2 aliphatic heterocycles. The number of hydrogen-bond donors (Lipinski definition) is 2. The molecule has 0 aliphatic carbocycles. The van der Waals surface area contributed by atoms with Crippen LogP contribution < -0.4 is 10.6 Å². The van der Waals surface area contributed by atoms with E-state index in [1.807, 2.05) is 13.8 Å². The van der Waals surface area contributed by atoms with Gasteiger partial charge in [-0.2, -0.15) is 5.10 Å². The number of piperidine rings is 1. The largest absolute Gasteiger partial charge is 0.381 e. The van der Waals surface area contributed by atoms with Gasteiger partial charge in [0.05, 0.1) is 41.8 Å². The Bertz CT molecular complexity index is 1250. The second-order valence-electron chi connectivity index (χ2n) is 11.3. The summed E-state index contributed by atoms with van der Waals surface area (Å²) in [5.41, 5.74) is -0.212. The van der Waals surface area contributed by atoms with Crippen molar-refractivity contribution in [3.63, 3.8) is 0 Å². The molecule has 2 aromatic rings. The number of hydrogen-bond acceptors (Lipinski definition) is 6. The van der Waals surface area contributed by atoms with Crippen molar-refractivity contribution in [1.29, 1.82) is 0 Å². The number of carbonyl (C=O) groups is 2. The molecular formula is C30H45F3N6O3. The highest BCUT2D eigenvalue weighted by Gasteiger charge is 2.42. The third-order valence-corrected chi connectivity index (χ3v) is 7.81. The number of halogens is 3. The Morgan fingerprint density at radius 3 is 2.71 bits per heavy atom. The van der Waals surface area contributed by atoms with E-state index in [2.05, 4.69) is 22.2 Å². The molecular weight excluding hydrogens is 549 g/mol. The number of fused-ring (bicyclic) bond motifs is 1. The van der Waals surface area contributed by atoms with Crippen molar-refractivity contribution in [2.75, 3.05) is 19.8 Å². The lowest BCUT2D eigenvalue weighted by molar-refractivity contribution is -0.126. The van der Waals surface area contributed by atoms with E-state index in [9.17, 15) is 18.4 Å². The van der Waals surface area contributed by atoms with Crippen molar-refractivity contribution >= 4 is 17.6 Å². The number of alkyl halides is 3. The van der Waals surface area contributed by atoms with Crippen molar-refractivity contribution in [2.45, 2.75) is 110 Å². The van der Waals surface area contributed by atoms with Crippen LogP contribution in [0.25, 0.3) is 5.78 Å². The van der Waals surface area contributed by atoms with Gasteiger partial charge in [0, 0.05) is 50.3 Å². The maximum Gasteiger partial charge on any atom is 0.251 e. The highest BCUT2D eigenvalue weighted by Crippen LogP contribution is 2.39. The van der Waals surface area contributed by atoms with Crippen LogP contribution in [0.5, 0.6) is 0 Å². The van der Waals surface area contributed by atoms with E-state index in [1.54, 1.807) is 13.1 Å². The van der Waals surface area contributed by atoms with Crippen LogP contribution in [0.4, 0.5) is 13.2 Å². The quantitative estimate of drug-likeness (QED) is 0.337. The third kappa shape index (κ3) is 8.29. The fraction of sp³-hybridized carbons (Fsp3) is 0.700. The normalized spacial score (nSPS) is 23.5. The molecule has 2 N–H and O–H groups in total. The molecule has 0 saturated carbocycles. The van der Waals surface area contributed by atoms with Crippen molar-refractivity contribution in [3.05, 3.63) is 35.4 Å². The molecule has 3 unspecified atom stereocenters. The monoisotopic (exact) mass is 594 g/mol. The molecule has 12 heteroatoms. The van der Waals surface area contributed by atoms with Crippen LogP contribution in [-0.2, 0) is 20.7 Å². The number of rotatable bonds is 11. The first-order valence-electron chi connectivity index (χ1n) is 15.0. The van der Waals surface area contributed by atoms with Gasteiger partial charge in [0.1, 0.15) is 5.67 Å². The lowest BCUT2D eigenvalue weighted by Gasteiger charge is -2.35. The summed E-state index contributed by atoms with van der Waals surface area (Å²) in [6.45, 7) is 13.4. The lowest BCUT2D eigenvalue weighted by Crippen LogP contribution is -2.40. The molecule has 42 heavy (non-hydrogen) atoms. The maximum atomic E-state index is 15.7. The number of carbonyl (C=O) groups excluding carboxylic acids is 2. The number of amides is 2. The van der Waals surface area contributed by atoms with Crippen LogP contribution >= 0.6 is 0 Å². The zero-order valence-corrected chi connectivity index (χ0v) is 25.4. The van der Waals surface area contributed by atoms with Gasteiger partial charge in [-0.15, -0.1) is 0 Å². The van der Waals surface area contributed by atoms with Gasteiger partial charge >= 0.3 is 0 Å². The van der Waals surface area contributed by atoms with E-state index >= 15 is 4.39 Å². The molecule has 2 fully saturated rings. The predicted molar refractivity (Wildman–Crippen MR) is 154 cm³/mol. The number of nitrogens with zero attached hydrogens (tertiary/aromatic N) is 4. The maximum absolute atomic E-state index is 15.7. The molecule has 0 aromatic carbocycles. The number of imidazole rings is 1. The number of ether oxygens (including phenoxy) is 1. The van der Waals surface area contributed by atoms with Crippen molar-refractivity contribution in [2.24, 2.45) is 5.92 Å². The van der Waals surface area contributed by atoms with Gasteiger partial charge in [-0.25, -0.2) is 27.7 Å². The van der Waals surface area contributed by atoms with E-state index in [4.69, 9.17) is 14.8 Å². The second-order valence-corrected chi connectivity index (χ2v) is 11.3. The van der Waals surface area contributed by atoms with Crippen molar-refractivity contribution < 1.29 is 27.5 Å². The number of nitrogens with one attached hydrogen (secondary N) is 2. The molecule has 0 bridgehead atoms. The van der Waals surface area contributed by atoms with Crippen LogP contribution in [0.2, 0.25) is 0 Å². The Kier molecular flexibility index (Phi) is 11.5. The van der Waals surface area contributed by atoms with Crippen LogP contribution in [-0.4, -0.2) is 62.7 Å².